The van der Waals surface area contributed by atoms with Crippen LogP contribution >= 0.6 is 0 Å². The zero-order chi connectivity index (χ0) is 12.7. The first kappa shape index (κ1) is 11.1. The first-order valence-corrected chi connectivity index (χ1v) is 6.14. The number of aromatic nitrogens is 3. The lowest BCUT2D eigenvalue weighted by Crippen LogP contribution is -2.08. The standard InChI is InChI=1S/C13H15N3O2/c1-3-18-13(17)8-6-14-9-4-5-10-12(11(8)9)16-7(2)15-10/h6,14H,3-5H2,1-2H3,(H,15,16). The Morgan fingerprint density at radius 2 is 2.22 bits per heavy atom. The van der Waals surface area contributed by atoms with Gasteiger partial charge in [0, 0.05) is 23.1 Å². The maximum absolute atomic E-state index is 11.9. The molecule has 2 N–H and O–H groups in total. The van der Waals surface area contributed by atoms with Gasteiger partial charge in [-0.15, -0.1) is 0 Å². The molecule has 2 aromatic rings. The fourth-order valence-electron chi connectivity index (χ4n) is 2.48. The molecule has 1 aliphatic carbocycles. The van der Waals surface area contributed by atoms with Gasteiger partial charge in [0.25, 0.3) is 0 Å². The molecule has 0 fully saturated rings. The molecule has 0 saturated carbocycles. The maximum Gasteiger partial charge on any atom is 0.340 e. The van der Waals surface area contributed by atoms with Crippen LogP contribution in [0, 0.1) is 6.92 Å². The van der Waals surface area contributed by atoms with Gasteiger partial charge in [0.15, 0.2) is 0 Å². The highest BCUT2D eigenvalue weighted by Gasteiger charge is 2.27. The van der Waals surface area contributed by atoms with E-state index in [4.69, 9.17) is 4.74 Å². The largest absolute Gasteiger partial charge is 0.462 e. The van der Waals surface area contributed by atoms with Crippen molar-refractivity contribution >= 4 is 5.97 Å². The first-order valence-electron chi connectivity index (χ1n) is 6.14. The van der Waals surface area contributed by atoms with Gasteiger partial charge in [-0.05, 0) is 26.7 Å². The third-order valence-electron chi connectivity index (χ3n) is 3.22. The van der Waals surface area contributed by atoms with Gasteiger partial charge in [-0.2, -0.15) is 0 Å². The number of esters is 1. The molecule has 5 nitrogen and oxygen atoms in total. The van der Waals surface area contributed by atoms with Gasteiger partial charge in [0.2, 0.25) is 0 Å². The second-order valence-electron chi connectivity index (χ2n) is 4.43. The molecule has 2 heterocycles. The summed E-state index contributed by atoms with van der Waals surface area (Å²) in [6, 6.07) is 0. The number of hydrogen-bond acceptors (Lipinski definition) is 3. The summed E-state index contributed by atoms with van der Waals surface area (Å²) in [4.78, 5) is 22.8. The molecular formula is C13H15N3O2. The number of nitrogens with zero attached hydrogens (tertiary/aromatic N) is 1. The maximum atomic E-state index is 11.9. The van der Waals surface area contributed by atoms with E-state index in [1.807, 2.05) is 6.92 Å². The Balaban J connectivity index is 2.13. The second kappa shape index (κ2) is 4.01. The molecule has 18 heavy (non-hydrogen) atoms. The summed E-state index contributed by atoms with van der Waals surface area (Å²) >= 11 is 0. The zero-order valence-electron chi connectivity index (χ0n) is 10.5. The van der Waals surface area contributed by atoms with Crippen molar-refractivity contribution < 1.29 is 9.53 Å². The summed E-state index contributed by atoms with van der Waals surface area (Å²) in [5.74, 6) is 0.590. The van der Waals surface area contributed by atoms with Crippen molar-refractivity contribution in [3.05, 3.63) is 29.0 Å². The molecule has 0 radical (unpaired) electrons. The minimum absolute atomic E-state index is 0.288. The molecule has 5 heteroatoms. The van der Waals surface area contributed by atoms with Crippen molar-refractivity contribution in [3.63, 3.8) is 0 Å². The predicted molar refractivity (Wildman–Crippen MR) is 66.5 cm³/mol. The van der Waals surface area contributed by atoms with Crippen LogP contribution in [-0.2, 0) is 17.6 Å². The van der Waals surface area contributed by atoms with Crippen molar-refractivity contribution in [2.45, 2.75) is 26.7 Å². The number of ether oxygens (including phenoxy) is 1. The molecule has 0 aromatic carbocycles. The summed E-state index contributed by atoms with van der Waals surface area (Å²) in [6.45, 7) is 4.11. The van der Waals surface area contributed by atoms with Crippen molar-refractivity contribution in [2.75, 3.05) is 6.61 Å². The van der Waals surface area contributed by atoms with Crippen LogP contribution in [0.5, 0.6) is 0 Å². The fourth-order valence-corrected chi connectivity index (χ4v) is 2.48. The normalized spacial score (nSPS) is 13.0. The van der Waals surface area contributed by atoms with Gasteiger partial charge in [-0.1, -0.05) is 0 Å². The average molecular weight is 245 g/mol. The Kier molecular flexibility index (Phi) is 2.47. The summed E-state index contributed by atoms with van der Waals surface area (Å²) in [7, 11) is 0. The first-order chi connectivity index (χ1) is 8.70. The topological polar surface area (TPSA) is 70.8 Å². The average Bonchev–Trinajstić information content (AvgIpc) is 2.90. The number of carbonyl (C=O) groups excluding carboxylic acids is 1. The van der Waals surface area contributed by atoms with E-state index < -0.39 is 0 Å². The highest BCUT2D eigenvalue weighted by molar-refractivity contribution is 5.98. The van der Waals surface area contributed by atoms with Gasteiger partial charge in [-0.25, -0.2) is 9.78 Å². The summed E-state index contributed by atoms with van der Waals surface area (Å²) < 4.78 is 5.08. The highest BCUT2D eigenvalue weighted by atomic mass is 16.5. The number of imidazole rings is 1. The summed E-state index contributed by atoms with van der Waals surface area (Å²) in [5, 5.41) is 0. The zero-order valence-corrected chi connectivity index (χ0v) is 10.5. The van der Waals surface area contributed by atoms with Crippen molar-refractivity contribution in [1.29, 1.82) is 0 Å². The quantitative estimate of drug-likeness (QED) is 0.795. The number of rotatable bonds is 2. The number of nitrogens with one attached hydrogen (secondary N) is 2. The van der Waals surface area contributed by atoms with Crippen LogP contribution in [-0.4, -0.2) is 27.5 Å². The molecule has 2 aromatic heterocycles. The number of fused-ring (bicyclic) bond motifs is 3. The van der Waals surface area contributed by atoms with Crippen LogP contribution in [0.1, 0.15) is 34.5 Å². The van der Waals surface area contributed by atoms with Crippen LogP contribution in [0.3, 0.4) is 0 Å². The second-order valence-corrected chi connectivity index (χ2v) is 4.43. The molecule has 0 bridgehead atoms. The smallest absolute Gasteiger partial charge is 0.340 e. The molecule has 0 spiro atoms. The van der Waals surface area contributed by atoms with Gasteiger partial charge >= 0.3 is 5.97 Å². The third kappa shape index (κ3) is 1.54. The van der Waals surface area contributed by atoms with E-state index in [2.05, 4.69) is 15.0 Å². The number of H-pyrrole nitrogens is 2. The molecule has 94 valence electrons. The van der Waals surface area contributed by atoms with Crippen molar-refractivity contribution in [3.8, 4) is 11.3 Å². The SMILES string of the molecule is CCOC(=O)c1c[nH]c2c1-c1nc(C)[nH]c1CC2. The number of carbonyl (C=O) groups is 1. The van der Waals surface area contributed by atoms with E-state index in [0.29, 0.717) is 12.2 Å². The molecule has 0 unspecified atom stereocenters. The monoisotopic (exact) mass is 245 g/mol. The lowest BCUT2D eigenvalue weighted by molar-refractivity contribution is 0.0527. The molecule has 0 amide bonds. The Bertz CT molecular complexity index is 610. The summed E-state index contributed by atoms with van der Waals surface area (Å²) in [6.07, 6.45) is 3.54. The van der Waals surface area contributed by atoms with Crippen molar-refractivity contribution in [2.24, 2.45) is 0 Å². The van der Waals surface area contributed by atoms with E-state index in [9.17, 15) is 4.79 Å². The van der Waals surface area contributed by atoms with E-state index >= 15 is 0 Å². The molecule has 3 rings (SSSR count). The van der Waals surface area contributed by atoms with Gasteiger partial charge in [-0.3, -0.25) is 0 Å². The Hall–Kier alpha value is -2.04. The van der Waals surface area contributed by atoms with Crippen LogP contribution in [0.2, 0.25) is 0 Å². The molecule has 0 aliphatic heterocycles. The van der Waals surface area contributed by atoms with E-state index in [-0.39, 0.29) is 5.97 Å². The Labute approximate surface area is 105 Å². The molecular weight excluding hydrogens is 230 g/mol. The molecule has 0 saturated heterocycles. The van der Waals surface area contributed by atoms with E-state index in [0.717, 1.165) is 41.3 Å². The number of hydrogen-bond donors (Lipinski definition) is 2. The lowest BCUT2D eigenvalue weighted by atomic mass is 9.96. The van der Waals surface area contributed by atoms with Crippen molar-refractivity contribution in [1.82, 2.24) is 15.0 Å². The highest BCUT2D eigenvalue weighted by Crippen LogP contribution is 2.34. The van der Waals surface area contributed by atoms with Crippen LogP contribution in [0.15, 0.2) is 6.20 Å². The predicted octanol–water partition coefficient (Wildman–Crippen LogP) is 1.99. The molecule has 0 atom stereocenters. The minimum Gasteiger partial charge on any atom is -0.462 e. The van der Waals surface area contributed by atoms with Crippen LogP contribution in [0.25, 0.3) is 11.3 Å². The lowest BCUT2D eigenvalue weighted by Gasteiger charge is -2.12. The van der Waals surface area contributed by atoms with E-state index in [1.54, 1.807) is 13.1 Å². The van der Waals surface area contributed by atoms with Crippen LogP contribution < -0.4 is 0 Å². The van der Waals surface area contributed by atoms with E-state index in [1.165, 1.54) is 0 Å². The van der Waals surface area contributed by atoms with Gasteiger partial charge in [0.1, 0.15) is 5.82 Å². The Morgan fingerprint density at radius 1 is 1.44 bits per heavy atom. The number of aromatic amines is 2. The summed E-state index contributed by atoms with van der Waals surface area (Å²) in [5.41, 5.74) is 4.54. The molecule has 1 aliphatic rings. The van der Waals surface area contributed by atoms with Crippen LogP contribution in [0.4, 0.5) is 0 Å². The minimum atomic E-state index is -0.288. The van der Waals surface area contributed by atoms with Gasteiger partial charge < -0.3 is 14.7 Å². The van der Waals surface area contributed by atoms with Gasteiger partial charge in [0.05, 0.1) is 17.9 Å². The Morgan fingerprint density at radius 3 is 3.00 bits per heavy atom. The number of aryl methyl sites for hydroxylation is 3. The fraction of sp³-hybridized carbons (Fsp3) is 0.385. The third-order valence-corrected chi connectivity index (χ3v) is 3.22.